The van der Waals surface area contributed by atoms with Gasteiger partial charge in [-0.05, 0) is 31.0 Å². The molecule has 2 N–H and O–H groups in total. The van der Waals surface area contributed by atoms with E-state index in [0.717, 1.165) is 22.6 Å². The van der Waals surface area contributed by atoms with Gasteiger partial charge in [0.2, 0.25) is 0 Å². The summed E-state index contributed by atoms with van der Waals surface area (Å²) >= 11 is 0. The average molecular weight is 193 g/mol. The predicted molar refractivity (Wildman–Crippen MR) is 54.8 cm³/mol. The van der Waals surface area contributed by atoms with E-state index < -0.39 is 0 Å². The molecule has 1 aliphatic rings. The van der Waals surface area contributed by atoms with Crippen LogP contribution < -0.4 is 15.2 Å². The molecule has 0 saturated heterocycles. The largest absolute Gasteiger partial charge is 0.486 e. The Hall–Kier alpha value is -1.22. The van der Waals surface area contributed by atoms with Crippen LogP contribution in [0.15, 0.2) is 12.1 Å². The van der Waals surface area contributed by atoms with E-state index in [-0.39, 0.29) is 6.04 Å². The van der Waals surface area contributed by atoms with Crippen LogP contribution in [0.1, 0.15) is 24.1 Å². The van der Waals surface area contributed by atoms with Crippen molar-refractivity contribution < 1.29 is 9.47 Å². The molecule has 0 aliphatic carbocycles. The van der Waals surface area contributed by atoms with Gasteiger partial charge in [-0.25, -0.2) is 0 Å². The Morgan fingerprint density at radius 2 is 2.00 bits per heavy atom. The molecule has 1 heterocycles. The zero-order valence-corrected chi connectivity index (χ0v) is 8.54. The number of nitrogens with two attached hydrogens (primary N) is 1. The zero-order chi connectivity index (χ0) is 10.1. The van der Waals surface area contributed by atoms with Crippen molar-refractivity contribution in [1.29, 1.82) is 0 Å². The Morgan fingerprint density at radius 1 is 1.29 bits per heavy atom. The summed E-state index contributed by atoms with van der Waals surface area (Å²) in [6.07, 6.45) is 0. The Balaban J connectivity index is 2.46. The van der Waals surface area contributed by atoms with Crippen molar-refractivity contribution in [2.24, 2.45) is 5.73 Å². The van der Waals surface area contributed by atoms with Crippen molar-refractivity contribution in [2.75, 3.05) is 13.2 Å². The van der Waals surface area contributed by atoms with Gasteiger partial charge in [0.15, 0.2) is 11.5 Å². The molecule has 76 valence electrons. The van der Waals surface area contributed by atoms with Crippen molar-refractivity contribution in [3.05, 3.63) is 23.3 Å². The molecule has 0 aromatic heterocycles. The maximum Gasteiger partial charge on any atom is 0.164 e. The van der Waals surface area contributed by atoms with Gasteiger partial charge in [-0.1, -0.05) is 6.07 Å². The number of aryl methyl sites for hydroxylation is 1. The monoisotopic (exact) mass is 193 g/mol. The highest BCUT2D eigenvalue weighted by Gasteiger charge is 2.16. The van der Waals surface area contributed by atoms with Gasteiger partial charge in [-0.15, -0.1) is 0 Å². The number of fused-ring (bicyclic) bond motifs is 1. The van der Waals surface area contributed by atoms with Crippen LogP contribution in [0.5, 0.6) is 11.5 Å². The third-order valence-corrected chi connectivity index (χ3v) is 2.38. The van der Waals surface area contributed by atoms with Crippen molar-refractivity contribution in [3.8, 4) is 11.5 Å². The predicted octanol–water partition coefficient (Wildman–Crippen LogP) is 1.79. The average Bonchev–Trinajstić information content (AvgIpc) is 2.17. The van der Waals surface area contributed by atoms with Crippen molar-refractivity contribution in [2.45, 2.75) is 19.9 Å². The molecule has 0 amide bonds. The van der Waals surface area contributed by atoms with E-state index in [1.807, 2.05) is 19.9 Å². The van der Waals surface area contributed by atoms with Gasteiger partial charge in [-0.2, -0.15) is 0 Å². The fraction of sp³-hybridized carbons (Fsp3) is 0.455. The molecule has 3 heteroatoms. The van der Waals surface area contributed by atoms with Crippen molar-refractivity contribution in [1.82, 2.24) is 0 Å². The first-order chi connectivity index (χ1) is 6.68. The standard InChI is InChI=1S/C11H15NO2/c1-7-5-9(8(2)12)6-10-11(7)14-4-3-13-10/h5-6,8H,3-4,12H2,1-2H3. The number of benzene rings is 1. The smallest absolute Gasteiger partial charge is 0.164 e. The Bertz CT molecular complexity index is 347. The number of hydrogen-bond donors (Lipinski definition) is 1. The van der Waals surface area contributed by atoms with Gasteiger partial charge in [0.1, 0.15) is 13.2 Å². The highest BCUT2D eigenvalue weighted by Crippen LogP contribution is 2.35. The van der Waals surface area contributed by atoms with Crippen LogP contribution in [0.4, 0.5) is 0 Å². The lowest BCUT2D eigenvalue weighted by atomic mass is 10.0. The Kier molecular flexibility index (Phi) is 2.33. The summed E-state index contributed by atoms with van der Waals surface area (Å²) in [5, 5.41) is 0. The van der Waals surface area contributed by atoms with Gasteiger partial charge in [0.25, 0.3) is 0 Å². The molecule has 1 unspecified atom stereocenters. The van der Waals surface area contributed by atoms with Gasteiger partial charge < -0.3 is 15.2 Å². The van der Waals surface area contributed by atoms with Gasteiger partial charge in [0, 0.05) is 6.04 Å². The second-order valence-electron chi connectivity index (χ2n) is 3.65. The molecule has 1 aromatic rings. The van der Waals surface area contributed by atoms with E-state index in [0.29, 0.717) is 13.2 Å². The van der Waals surface area contributed by atoms with Crippen LogP contribution in [0.2, 0.25) is 0 Å². The first kappa shape index (κ1) is 9.34. The van der Waals surface area contributed by atoms with Crippen LogP contribution in [-0.2, 0) is 0 Å². The maximum atomic E-state index is 5.82. The van der Waals surface area contributed by atoms with Crippen LogP contribution in [-0.4, -0.2) is 13.2 Å². The van der Waals surface area contributed by atoms with E-state index in [2.05, 4.69) is 6.07 Å². The fourth-order valence-corrected chi connectivity index (χ4v) is 1.62. The van der Waals surface area contributed by atoms with E-state index in [9.17, 15) is 0 Å². The Morgan fingerprint density at radius 3 is 2.71 bits per heavy atom. The molecule has 2 rings (SSSR count). The molecular formula is C11H15NO2. The molecule has 0 bridgehead atoms. The summed E-state index contributed by atoms with van der Waals surface area (Å²) < 4.78 is 11.0. The van der Waals surface area contributed by atoms with Crippen molar-refractivity contribution in [3.63, 3.8) is 0 Å². The third-order valence-electron chi connectivity index (χ3n) is 2.38. The molecular weight excluding hydrogens is 178 g/mol. The van der Waals surface area contributed by atoms with Crippen LogP contribution in [0.3, 0.4) is 0 Å². The highest BCUT2D eigenvalue weighted by molar-refractivity contribution is 5.50. The molecule has 0 spiro atoms. The zero-order valence-electron chi connectivity index (χ0n) is 8.54. The minimum Gasteiger partial charge on any atom is -0.486 e. The van der Waals surface area contributed by atoms with E-state index in [4.69, 9.17) is 15.2 Å². The molecule has 14 heavy (non-hydrogen) atoms. The van der Waals surface area contributed by atoms with Crippen LogP contribution in [0.25, 0.3) is 0 Å². The van der Waals surface area contributed by atoms with E-state index in [1.165, 1.54) is 0 Å². The number of rotatable bonds is 1. The lowest BCUT2D eigenvalue weighted by Crippen LogP contribution is -2.17. The van der Waals surface area contributed by atoms with E-state index in [1.54, 1.807) is 0 Å². The first-order valence-corrected chi connectivity index (χ1v) is 4.84. The second-order valence-corrected chi connectivity index (χ2v) is 3.65. The molecule has 0 fully saturated rings. The van der Waals surface area contributed by atoms with Gasteiger partial charge >= 0.3 is 0 Å². The summed E-state index contributed by atoms with van der Waals surface area (Å²) in [5.74, 6) is 1.68. The summed E-state index contributed by atoms with van der Waals surface area (Å²) in [7, 11) is 0. The Labute approximate surface area is 83.8 Å². The van der Waals surface area contributed by atoms with Crippen molar-refractivity contribution >= 4 is 0 Å². The quantitative estimate of drug-likeness (QED) is 0.739. The summed E-state index contributed by atoms with van der Waals surface area (Å²) in [5.41, 5.74) is 8.00. The van der Waals surface area contributed by atoms with E-state index >= 15 is 0 Å². The molecule has 0 saturated carbocycles. The molecule has 0 radical (unpaired) electrons. The normalized spacial score (nSPS) is 16.5. The molecule has 1 aromatic carbocycles. The van der Waals surface area contributed by atoms with Crippen LogP contribution in [0, 0.1) is 6.92 Å². The highest BCUT2D eigenvalue weighted by atomic mass is 16.6. The summed E-state index contributed by atoms with van der Waals surface area (Å²) in [6.45, 7) is 5.23. The topological polar surface area (TPSA) is 44.5 Å². The second kappa shape index (κ2) is 3.50. The SMILES string of the molecule is Cc1cc(C(C)N)cc2c1OCCO2. The number of hydrogen-bond acceptors (Lipinski definition) is 3. The molecule has 1 aliphatic heterocycles. The van der Waals surface area contributed by atoms with Gasteiger partial charge in [-0.3, -0.25) is 0 Å². The lowest BCUT2D eigenvalue weighted by molar-refractivity contribution is 0.170. The maximum absolute atomic E-state index is 5.82. The fourth-order valence-electron chi connectivity index (χ4n) is 1.62. The third kappa shape index (κ3) is 1.55. The molecule has 3 nitrogen and oxygen atoms in total. The number of ether oxygens (including phenoxy) is 2. The minimum atomic E-state index is 0.0320. The minimum absolute atomic E-state index is 0.0320. The lowest BCUT2D eigenvalue weighted by Gasteiger charge is -2.21. The summed E-state index contributed by atoms with van der Waals surface area (Å²) in [6, 6.07) is 4.05. The first-order valence-electron chi connectivity index (χ1n) is 4.84. The van der Waals surface area contributed by atoms with Crippen LogP contribution >= 0.6 is 0 Å². The summed E-state index contributed by atoms with van der Waals surface area (Å²) in [4.78, 5) is 0. The van der Waals surface area contributed by atoms with Gasteiger partial charge in [0.05, 0.1) is 0 Å². The molecule has 1 atom stereocenters.